The molecule has 33 heavy (non-hydrogen) atoms. The molecule has 2 aliphatic rings. The van der Waals surface area contributed by atoms with E-state index < -0.39 is 0 Å². The number of aromatic nitrogens is 4. The maximum Gasteiger partial charge on any atom is 0.247 e. The van der Waals surface area contributed by atoms with Crippen molar-refractivity contribution in [3.63, 3.8) is 0 Å². The first-order valence-corrected chi connectivity index (χ1v) is 11.2. The lowest BCUT2D eigenvalue weighted by Gasteiger charge is -2.30. The highest BCUT2D eigenvalue weighted by molar-refractivity contribution is 6.34. The van der Waals surface area contributed by atoms with Gasteiger partial charge in [0.1, 0.15) is 6.07 Å². The van der Waals surface area contributed by atoms with E-state index in [-0.39, 0.29) is 12.1 Å². The van der Waals surface area contributed by atoms with Gasteiger partial charge in [-0.25, -0.2) is 4.98 Å². The third-order valence-corrected chi connectivity index (χ3v) is 6.32. The van der Waals surface area contributed by atoms with Gasteiger partial charge in [-0.15, -0.1) is 5.10 Å². The number of anilines is 3. The number of hydrogen-bond donors (Lipinski definition) is 3. The zero-order chi connectivity index (χ0) is 22.9. The van der Waals surface area contributed by atoms with Crippen LogP contribution in [0.2, 0.25) is 5.02 Å². The number of likely N-dealkylation sites (tertiary alicyclic amines) is 1. The number of aliphatic hydroxyl groups excluding tert-OH is 1. The first-order valence-electron chi connectivity index (χ1n) is 10.9. The molecule has 0 amide bonds. The number of fused-ring (bicyclic) bond motifs is 1. The lowest BCUT2D eigenvalue weighted by Crippen LogP contribution is -2.35. The minimum Gasteiger partial charge on any atom is -0.393 e. The third kappa shape index (κ3) is 4.55. The first kappa shape index (κ1) is 21.4. The summed E-state index contributed by atoms with van der Waals surface area (Å²) in [5, 5.41) is 40.1. The standard InChI is InChI=1S/C22H22ClN9O/c23-19-14(12-31-5-3-17(33)4-6-31)7-13(9-24)8-18(19)28-22-29-20(27-15-1-2-15)21-26-11-16(10-25)32(21)30-22/h7-8,11,15,17,33H,1-6,12H2,(H2,27,28,29,30). The number of nitrogens with zero attached hydrogens (tertiary/aromatic N) is 7. The molecule has 0 unspecified atom stereocenters. The highest BCUT2D eigenvalue weighted by atomic mass is 35.5. The molecule has 1 saturated heterocycles. The average Bonchev–Trinajstić information content (AvgIpc) is 3.53. The second kappa shape index (κ2) is 8.83. The predicted molar refractivity (Wildman–Crippen MR) is 122 cm³/mol. The normalized spacial score (nSPS) is 17.0. The van der Waals surface area contributed by atoms with Gasteiger partial charge in [-0.3, -0.25) is 4.90 Å². The summed E-state index contributed by atoms with van der Waals surface area (Å²) in [6, 6.07) is 8.05. The van der Waals surface area contributed by atoms with Gasteiger partial charge in [0.25, 0.3) is 0 Å². The molecule has 3 heterocycles. The molecule has 1 saturated carbocycles. The molecule has 0 bridgehead atoms. The van der Waals surface area contributed by atoms with E-state index in [0.717, 1.165) is 44.3 Å². The molecule has 1 aromatic carbocycles. The minimum absolute atomic E-state index is 0.240. The van der Waals surface area contributed by atoms with Gasteiger partial charge < -0.3 is 15.7 Å². The van der Waals surface area contributed by atoms with Crippen LogP contribution in [0.3, 0.4) is 0 Å². The second-order valence-corrected chi connectivity index (χ2v) is 8.81. The highest BCUT2D eigenvalue weighted by Crippen LogP contribution is 2.32. The van der Waals surface area contributed by atoms with Crippen molar-refractivity contribution in [3.8, 4) is 12.1 Å². The number of benzene rings is 1. The van der Waals surface area contributed by atoms with Crippen LogP contribution in [0.1, 0.15) is 42.5 Å². The highest BCUT2D eigenvalue weighted by Gasteiger charge is 2.25. The third-order valence-electron chi connectivity index (χ3n) is 5.87. The molecule has 3 N–H and O–H groups in total. The van der Waals surface area contributed by atoms with Gasteiger partial charge in [-0.2, -0.15) is 20.0 Å². The molecule has 3 aromatic rings. The zero-order valence-electron chi connectivity index (χ0n) is 17.8. The Bertz CT molecular complexity index is 1280. The van der Waals surface area contributed by atoms with Crippen LogP contribution >= 0.6 is 11.6 Å². The molecular weight excluding hydrogens is 442 g/mol. The Morgan fingerprint density at radius 1 is 1.15 bits per heavy atom. The lowest BCUT2D eigenvalue weighted by atomic mass is 10.1. The topological polar surface area (TPSA) is 138 Å². The van der Waals surface area contributed by atoms with E-state index in [4.69, 9.17) is 11.6 Å². The monoisotopic (exact) mass is 463 g/mol. The van der Waals surface area contributed by atoms with Crippen LogP contribution in [-0.2, 0) is 6.54 Å². The van der Waals surface area contributed by atoms with Gasteiger partial charge in [-0.1, -0.05) is 11.6 Å². The van der Waals surface area contributed by atoms with E-state index in [2.05, 4.69) is 42.7 Å². The van der Waals surface area contributed by atoms with Crippen LogP contribution in [0.15, 0.2) is 18.3 Å². The molecule has 0 radical (unpaired) electrons. The van der Waals surface area contributed by atoms with Gasteiger partial charge in [-0.05, 0) is 43.4 Å². The molecule has 2 aromatic heterocycles. The molecule has 1 aliphatic carbocycles. The van der Waals surface area contributed by atoms with Crippen molar-refractivity contribution >= 4 is 34.7 Å². The van der Waals surface area contributed by atoms with E-state index in [9.17, 15) is 15.6 Å². The fraction of sp³-hybridized carbons (Fsp3) is 0.409. The molecule has 11 heteroatoms. The number of hydrogen-bond acceptors (Lipinski definition) is 9. The van der Waals surface area contributed by atoms with Gasteiger partial charge in [0.15, 0.2) is 17.2 Å². The second-order valence-electron chi connectivity index (χ2n) is 8.43. The maximum absolute atomic E-state index is 9.76. The quantitative estimate of drug-likeness (QED) is 0.503. The number of imidazole rings is 1. The smallest absolute Gasteiger partial charge is 0.247 e. The van der Waals surface area contributed by atoms with Crippen molar-refractivity contribution in [2.45, 2.75) is 44.4 Å². The summed E-state index contributed by atoms with van der Waals surface area (Å²) in [6.07, 6.45) is 4.75. The Morgan fingerprint density at radius 2 is 1.94 bits per heavy atom. The molecule has 0 spiro atoms. The molecule has 168 valence electrons. The Balaban J connectivity index is 1.48. The van der Waals surface area contributed by atoms with Gasteiger partial charge in [0.2, 0.25) is 5.95 Å². The summed E-state index contributed by atoms with van der Waals surface area (Å²) in [7, 11) is 0. The first-order chi connectivity index (χ1) is 16.0. The molecule has 5 rings (SSSR count). The number of aliphatic hydroxyl groups is 1. The van der Waals surface area contributed by atoms with Crippen molar-refractivity contribution in [3.05, 3.63) is 40.2 Å². The van der Waals surface area contributed by atoms with E-state index >= 15 is 0 Å². The number of rotatable bonds is 6. The Hall–Kier alpha value is -3.44. The van der Waals surface area contributed by atoms with Gasteiger partial charge in [0.05, 0.1) is 34.6 Å². The molecule has 10 nitrogen and oxygen atoms in total. The Labute approximate surface area is 195 Å². The summed E-state index contributed by atoms with van der Waals surface area (Å²) >= 11 is 6.73. The molecule has 1 aliphatic heterocycles. The van der Waals surface area contributed by atoms with Crippen molar-refractivity contribution in [2.24, 2.45) is 0 Å². The van der Waals surface area contributed by atoms with Gasteiger partial charge in [0, 0.05) is 25.7 Å². The average molecular weight is 464 g/mol. The van der Waals surface area contributed by atoms with Crippen molar-refractivity contribution in [1.29, 1.82) is 10.5 Å². The summed E-state index contributed by atoms with van der Waals surface area (Å²) in [5.74, 6) is 0.778. The number of piperidine rings is 1. The van der Waals surface area contributed by atoms with Crippen LogP contribution in [0, 0.1) is 22.7 Å². The van der Waals surface area contributed by atoms with E-state index in [1.807, 2.05) is 0 Å². The summed E-state index contributed by atoms with van der Waals surface area (Å²) < 4.78 is 1.45. The van der Waals surface area contributed by atoms with E-state index in [1.165, 1.54) is 10.7 Å². The molecular formula is C22H22ClN9O. The molecule has 0 atom stereocenters. The maximum atomic E-state index is 9.76. The summed E-state index contributed by atoms with van der Waals surface area (Å²) in [5.41, 5.74) is 2.56. The SMILES string of the molecule is N#Cc1cc(CN2CCC(O)CC2)c(Cl)c(Nc2nc(NC3CC3)c3ncc(C#N)n3n2)c1. The van der Waals surface area contributed by atoms with Crippen LogP contribution in [0.5, 0.6) is 0 Å². The number of nitrogens with one attached hydrogen (secondary N) is 2. The van der Waals surface area contributed by atoms with Crippen LogP contribution < -0.4 is 10.6 Å². The van der Waals surface area contributed by atoms with Crippen LogP contribution in [-0.4, -0.2) is 54.8 Å². The predicted octanol–water partition coefficient (Wildman–Crippen LogP) is 2.80. The van der Waals surface area contributed by atoms with E-state index in [1.54, 1.807) is 12.1 Å². The number of nitriles is 2. The van der Waals surface area contributed by atoms with Crippen molar-refractivity contribution in [1.82, 2.24) is 24.5 Å². The van der Waals surface area contributed by atoms with Crippen LogP contribution in [0.25, 0.3) is 5.65 Å². The fourth-order valence-corrected chi connectivity index (χ4v) is 4.14. The largest absolute Gasteiger partial charge is 0.393 e. The van der Waals surface area contributed by atoms with E-state index in [0.29, 0.717) is 46.0 Å². The van der Waals surface area contributed by atoms with Gasteiger partial charge >= 0.3 is 0 Å². The zero-order valence-corrected chi connectivity index (χ0v) is 18.5. The summed E-state index contributed by atoms with van der Waals surface area (Å²) in [4.78, 5) is 11.1. The minimum atomic E-state index is -0.258. The Kier molecular flexibility index (Phi) is 5.73. The summed E-state index contributed by atoms with van der Waals surface area (Å²) in [6.45, 7) is 2.11. The van der Waals surface area contributed by atoms with Crippen molar-refractivity contribution < 1.29 is 5.11 Å². The number of halogens is 1. The molecule has 2 fully saturated rings. The van der Waals surface area contributed by atoms with Crippen LogP contribution in [0.4, 0.5) is 17.5 Å². The fourth-order valence-electron chi connectivity index (χ4n) is 3.92. The van der Waals surface area contributed by atoms with Crippen molar-refractivity contribution in [2.75, 3.05) is 23.7 Å². The Morgan fingerprint density at radius 3 is 2.64 bits per heavy atom. The lowest BCUT2D eigenvalue weighted by molar-refractivity contribution is 0.0792.